The minimum absolute atomic E-state index is 0.0165. The van der Waals surface area contributed by atoms with Gasteiger partial charge < -0.3 is 4.74 Å². The fourth-order valence-electron chi connectivity index (χ4n) is 6.04. The van der Waals surface area contributed by atoms with Crippen LogP contribution in [0, 0.1) is 22.7 Å². The summed E-state index contributed by atoms with van der Waals surface area (Å²) in [5.74, 6) is 0.717. The number of Topliss-reactive ketones (excluding diaryl/α,β-unsaturated/α-hetero) is 2. The number of carbonyl (C=O) groups excluding carboxylic acids is 3. The van der Waals surface area contributed by atoms with Gasteiger partial charge in [-0.05, 0) is 37.5 Å². The number of rotatable bonds is 3. The lowest BCUT2D eigenvalue weighted by Crippen LogP contribution is -2.44. The van der Waals surface area contributed by atoms with Crippen LogP contribution in [0.5, 0.6) is 0 Å². The van der Waals surface area contributed by atoms with Crippen LogP contribution in [0.2, 0.25) is 0 Å². The van der Waals surface area contributed by atoms with Crippen LogP contribution in [0.4, 0.5) is 0 Å². The van der Waals surface area contributed by atoms with Crippen molar-refractivity contribution in [1.29, 1.82) is 0 Å². The first kappa shape index (κ1) is 18.4. The van der Waals surface area contributed by atoms with Gasteiger partial charge in [0.1, 0.15) is 5.78 Å². The van der Waals surface area contributed by atoms with Crippen molar-refractivity contribution in [1.82, 2.24) is 0 Å². The van der Waals surface area contributed by atoms with Crippen LogP contribution in [-0.4, -0.2) is 24.1 Å². The molecule has 0 aromatic heterocycles. The summed E-state index contributed by atoms with van der Waals surface area (Å²) in [5.41, 5.74) is 3.47. The van der Waals surface area contributed by atoms with Gasteiger partial charge in [-0.25, -0.2) is 0 Å². The molecule has 4 nitrogen and oxygen atoms in total. The van der Waals surface area contributed by atoms with E-state index in [0.717, 1.165) is 31.3 Å². The van der Waals surface area contributed by atoms with Gasteiger partial charge in [0.2, 0.25) is 0 Å². The largest absolute Gasteiger partial charge is 0.457 e. The lowest BCUT2D eigenvalue weighted by Gasteiger charge is -2.52. The molecule has 0 saturated heterocycles. The van der Waals surface area contributed by atoms with Crippen molar-refractivity contribution in [3.8, 4) is 0 Å². The van der Waals surface area contributed by atoms with Gasteiger partial charge in [0.25, 0.3) is 0 Å². The molecule has 0 amide bonds. The zero-order valence-corrected chi connectivity index (χ0v) is 16.5. The summed E-state index contributed by atoms with van der Waals surface area (Å²) in [6, 6.07) is 0. The number of carbonyl (C=O) groups is 3. The Morgan fingerprint density at radius 1 is 1.19 bits per heavy atom. The maximum atomic E-state index is 12.7. The molecule has 4 atom stereocenters. The highest BCUT2D eigenvalue weighted by Crippen LogP contribution is 2.62. The molecule has 0 heterocycles. The van der Waals surface area contributed by atoms with E-state index < -0.39 is 5.97 Å². The lowest BCUT2D eigenvalue weighted by molar-refractivity contribution is -0.145. The topological polar surface area (TPSA) is 60.4 Å². The number of ether oxygens (including phenoxy) is 1. The van der Waals surface area contributed by atoms with Gasteiger partial charge in [-0.3, -0.25) is 14.4 Å². The van der Waals surface area contributed by atoms with Gasteiger partial charge in [-0.1, -0.05) is 43.2 Å². The highest BCUT2D eigenvalue weighted by molar-refractivity contribution is 5.99. The molecule has 0 radical (unpaired) electrons. The molecule has 4 aliphatic carbocycles. The van der Waals surface area contributed by atoms with E-state index in [1.807, 2.05) is 0 Å². The van der Waals surface area contributed by atoms with E-state index in [9.17, 15) is 14.4 Å². The Labute approximate surface area is 160 Å². The predicted octanol–water partition coefficient (Wildman–Crippen LogP) is 4.11. The average molecular weight is 368 g/mol. The van der Waals surface area contributed by atoms with Crippen molar-refractivity contribution in [2.45, 2.75) is 59.3 Å². The Morgan fingerprint density at radius 3 is 2.70 bits per heavy atom. The van der Waals surface area contributed by atoms with Crippen molar-refractivity contribution < 1.29 is 19.1 Å². The second kappa shape index (κ2) is 6.29. The summed E-state index contributed by atoms with van der Waals surface area (Å²) in [7, 11) is 0. The maximum absolute atomic E-state index is 12.7. The number of hydrogen-bond acceptors (Lipinski definition) is 4. The second-order valence-corrected chi connectivity index (χ2v) is 9.06. The van der Waals surface area contributed by atoms with Crippen LogP contribution < -0.4 is 0 Å². The lowest BCUT2D eigenvalue weighted by atomic mass is 9.52. The third kappa shape index (κ3) is 2.76. The molecule has 0 bridgehead atoms. The summed E-state index contributed by atoms with van der Waals surface area (Å²) in [6.45, 7) is 5.68. The highest BCUT2D eigenvalue weighted by atomic mass is 16.5. The predicted molar refractivity (Wildman–Crippen MR) is 102 cm³/mol. The molecule has 0 aliphatic heterocycles. The molecule has 0 aromatic carbocycles. The SMILES string of the molecule is CC(=O)OCC(=O)C1=CCC2C3CC=C4CC(=O)CC[C@]4(C)C3=CC[C@]12C. The van der Waals surface area contributed by atoms with Gasteiger partial charge in [-0.2, -0.15) is 0 Å². The van der Waals surface area contributed by atoms with E-state index >= 15 is 0 Å². The van der Waals surface area contributed by atoms with Gasteiger partial charge in [-0.15, -0.1) is 0 Å². The van der Waals surface area contributed by atoms with Crippen LogP contribution in [0.15, 0.2) is 34.9 Å². The number of allylic oxidation sites excluding steroid dienone is 5. The van der Waals surface area contributed by atoms with Gasteiger partial charge in [0, 0.05) is 36.2 Å². The monoisotopic (exact) mass is 368 g/mol. The van der Waals surface area contributed by atoms with E-state index in [0.29, 0.717) is 30.5 Å². The van der Waals surface area contributed by atoms with Crippen LogP contribution >= 0.6 is 0 Å². The van der Waals surface area contributed by atoms with Crippen molar-refractivity contribution in [2.24, 2.45) is 22.7 Å². The maximum Gasteiger partial charge on any atom is 0.303 e. The molecule has 4 heteroatoms. The van der Waals surface area contributed by atoms with E-state index in [2.05, 4.69) is 32.1 Å². The van der Waals surface area contributed by atoms with E-state index in [1.54, 1.807) is 0 Å². The molecule has 1 saturated carbocycles. The van der Waals surface area contributed by atoms with Crippen LogP contribution in [-0.2, 0) is 19.1 Å². The van der Waals surface area contributed by atoms with E-state index in [1.165, 1.54) is 18.1 Å². The smallest absolute Gasteiger partial charge is 0.303 e. The van der Waals surface area contributed by atoms with Crippen LogP contribution in [0.25, 0.3) is 0 Å². The Morgan fingerprint density at radius 2 is 1.96 bits per heavy atom. The third-order valence-corrected chi connectivity index (χ3v) is 7.60. The average Bonchev–Trinajstić information content (AvgIpc) is 2.97. The van der Waals surface area contributed by atoms with Gasteiger partial charge in [0.05, 0.1) is 0 Å². The number of fused-ring (bicyclic) bond motifs is 5. The molecule has 0 aromatic rings. The Bertz CT molecular complexity index is 814. The first-order valence-corrected chi connectivity index (χ1v) is 10.0. The van der Waals surface area contributed by atoms with Crippen LogP contribution in [0.1, 0.15) is 59.3 Å². The molecule has 4 rings (SSSR count). The summed E-state index contributed by atoms with van der Waals surface area (Å²) in [6.07, 6.45) is 11.6. The standard InChI is InChI=1S/C23H28O4/c1-14(24)27-13-21(26)20-7-6-18-17-5-4-15-12-16(25)8-10-22(15,2)19(17)9-11-23(18,20)3/h4,7,9,17-18H,5-6,8,10-13H2,1-3H3/t17?,18?,22-,23-/m0/s1. The fraction of sp³-hybridized carbons (Fsp3) is 0.609. The molecule has 2 unspecified atom stereocenters. The minimum atomic E-state index is -0.417. The summed E-state index contributed by atoms with van der Waals surface area (Å²) in [4.78, 5) is 35.7. The Hall–Kier alpha value is -1.97. The fourth-order valence-corrected chi connectivity index (χ4v) is 6.04. The first-order chi connectivity index (χ1) is 12.8. The van der Waals surface area contributed by atoms with Crippen molar-refractivity contribution >= 4 is 17.5 Å². The molecule has 4 aliphatic rings. The zero-order chi connectivity index (χ0) is 19.4. The number of ketones is 2. The van der Waals surface area contributed by atoms with E-state index in [-0.39, 0.29) is 23.2 Å². The molecule has 0 spiro atoms. The normalized spacial score (nSPS) is 37.3. The summed E-state index contributed by atoms with van der Waals surface area (Å²) >= 11 is 0. The third-order valence-electron chi connectivity index (χ3n) is 7.60. The molecule has 0 N–H and O–H groups in total. The number of esters is 1. The van der Waals surface area contributed by atoms with Crippen molar-refractivity contribution in [2.75, 3.05) is 6.61 Å². The number of hydrogen-bond donors (Lipinski definition) is 0. The highest BCUT2D eigenvalue weighted by Gasteiger charge is 2.54. The Balaban J connectivity index is 1.61. The Kier molecular flexibility index (Phi) is 4.28. The van der Waals surface area contributed by atoms with Crippen molar-refractivity contribution in [3.63, 3.8) is 0 Å². The quantitative estimate of drug-likeness (QED) is 0.556. The van der Waals surface area contributed by atoms with E-state index in [4.69, 9.17) is 4.74 Å². The molecule has 27 heavy (non-hydrogen) atoms. The summed E-state index contributed by atoms with van der Waals surface area (Å²) < 4.78 is 4.96. The summed E-state index contributed by atoms with van der Waals surface area (Å²) in [5, 5.41) is 0. The van der Waals surface area contributed by atoms with Gasteiger partial charge in [0.15, 0.2) is 12.4 Å². The second-order valence-electron chi connectivity index (χ2n) is 9.06. The molecule has 1 fully saturated rings. The van der Waals surface area contributed by atoms with Crippen LogP contribution in [0.3, 0.4) is 0 Å². The molecular formula is C23H28O4. The first-order valence-electron chi connectivity index (χ1n) is 10.0. The van der Waals surface area contributed by atoms with Gasteiger partial charge >= 0.3 is 5.97 Å². The molecule has 144 valence electrons. The van der Waals surface area contributed by atoms with Crippen molar-refractivity contribution in [3.05, 3.63) is 34.9 Å². The minimum Gasteiger partial charge on any atom is -0.457 e. The zero-order valence-electron chi connectivity index (χ0n) is 16.5. The molecular weight excluding hydrogens is 340 g/mol.